The zero-order chi connectivity index (χ0) is 8.55. The zero-order valence-electron chi connectivity index (χ0n) is 7.46. The van der Waals surface area contributed by atoms with Gasteiger partial charge in [-0.15, -0.1) is 0 Å². The van der Waals surface area contributed by atoms with Gasteiger partial charge >= 0.3 is 0 Å². The van der Waals surface area contributed by atoms with Gasteiger partial charge in [0.1, 0.15) is 5.78 Å². The van der Waals surface area contributed by atoms with Gasteiger partial charge in [0.05, 0.1) is 0 Å². The van der Waals surface area contributed by atoms with E-state index in [1.54, 1.807) is 0 Å². The van der Waals surface area contributed by atoms with Crippen molar-refractivity contribution in [1.82, 2.24) is 0 Å². The molecule has 2 heteroatoms. The number of carbonyl (C=O) groups excluding carboxylic acids is 1. The summed E-state index contributed by atoms with van der Waals surface area (Å²) < 4.78 is 0. The smallest absolute Gasteiger partial charge is 0.139 e. The number of nitrogens with two attached hydrogens (primary N) is 1. The van der Waals surface area contributed by atoms with Crippen LogP contribution in [0.4, 0.5) is 0 Å². The zero-order valence-corrected chi connectivity index (χ0v) is 7.46. The molecule has 0 spiro atoms. The van der Waals surface area contributed by atoms with Gasteiger partial charge in [-0.25, -0.2) is 0 Å². The van der Waals surface area contributed by atoms with Gasteiger partial charge in [-0.2, -0.15) is 0 Å². The van der Waals surface area contributed by atoms with E-state index in [4.69, 9.17) is 5.73 Å². The van der Waals surface area contributed by atoms with Crippen molar-refractivity contribution >= 4 is 5.78 Å². The molecule has 0 aromatic rings. The Kier molecular flexibility index (Phi) is 2.18. The van der Waals surface area contributed by atoms with Crippen LogP contribution in [0.25, 0.3) is 0 Å². The van der Waals surface area contributed by atoms with Crippen molar-refractivity contribution in [3.8, 4) is 0 Å². The number of carbonyl (C=O) groups is 1. The molecule has 2 saturated carbocycles. The summed E-state index contributed by atoms with van der Waals surface area (Å²) in [5.74, 6) is 2.12. The highest BCUT2D eigenvalue weighted by atomic mass is 16.1. The average Bonchev–Trinajstić information content (AvgIpc) is 2.62. The van der Waals surface area contributed by atoms with E-state index < -0.39 is 0 Å². The molecule has 0 aromatic heterocycles. The van der Waals surface area contributed by atoms with Crippen LogP contribution in [0.2, 0.25) is 0 Å². The molecule has 12 heavy (non-hydrogen) atoms. The number of hydrogen-bond donors (Lipinski definition) is 1. The van der Waals surface area contributed by atoms with E-state index in [9.17, 15) is 4.79 Å². The van der Waals surface area contributed by atoms with Crippen LogP contribution in [-0.4, -0.2) is 12.3 Å². The van der Waals surface area contributed by atoms with E-state index >= 15 is 0 Å². The van der Waals surface area contributed by atoms with Crippen molar-refractivity contribution in [2.24, 2.45) is 23.5 Å². The fraction of sp³-hybridized carbons (Fsp3) is 0.900. The first-order chi connectivity index (χ1) is 5.83. The second kappa shape index (κ2) is 3.17. The van der Waals surface area contributed by atoms with Crippen LogP contribution >= 0.6 is 0 Å². The Labute approximate surface area is 73.5 Å². The first-order valence-corrected chi connectivity index (χ1v) is 5.06. The molecule has 3 unspecified atom stereocenters. The number of hydrogen-bond acceptors (Lipinski definition) is 2. The maximum atomic E-state index is 11.6. The lowest BCUT2D eigenvalue weighted by Gasteiger charge is -2.19. The molecule has 0 saturated heterocycles. The standard InChI is InChI=1S/C10H17NO/c11-5-1-2-9-7-3-4-8(6-7)10(9)12/h7-9H,1-6,11H2. The molecule has 68 valence electrons. The summed E-state index contributed by atoms with van der Waals surface area (Å²) >= 11 is 0. The van der Waals surface area contributed by atoms with Crippen molar-refractivity contribution in [1.29, 1.82) is 0 Å². The van der Waals surface area contributed by atoms with Crippen LogP contribution in [0.1, 0.15) is 32.1 Å². The minimum Gasteiger partial charge on any atom is -0.330 e. The molecule has 0 radical (unpaired) electrons. The normalized spacial score (nSPS) is 39.4. The van der Waals surface area contributed by atoms with E-state index in [1.165, 1.54) is 19.3 Å². The predicted octanol–water partition coefficient (Wildman–Crippen LogP) is 1.34. The molecule has 2 fully saturated rings. The maximum Gasteiger partial charge on any atom is 0.139 e. The highest BCUT2D eigenvalue weighted by molar-refractivity contribution is 5.86. The topological polar surface area (TPSA) is 43.1 Å². The highest BCUT2D eigenvalue weighted by Crippen LogP contribution is 2.47. The Balaban J connectivity index is 1.94. The predicted molar refractivity (Wildman–Crippen MR) is 47.6 cm³/mol. The molecule has 2 aliphatic carbocycles. The molecule has 2 rings (SSSR count). The molecule has 0 aliphatic heterocycles. The van der Waals surface area contributed by atoms with Crippen LogP contribution in [0.5, 0.6) is 0 Å². The lowest BCUT2D eigenvalue weighted by atomic mass is 9.84. The number of fused-ring (bicyclic) bond motifs is 2. The monoisotopic (exact) mass is 167 g/mol. The summed E-state index contributed by atoms with van der Waals surface area (Å²) in [6.07, 6.45) is 5.73. The summed E-state index contributed by atoms with van der Waals surface area (Å²) in [7, 11) is 0. The number of ketones is 1. The van der Waals surface area contributed by atoms with Crippen LogP contribution in [0, 0.1) is 17.8 Å². The summed E-state index contributed by atoms with van der Waals surface area (Å²) in [5.41, 5.74) is 5.44. The Bertz CT molecular complexity index is 190. The van der Waals surface area contributed by atoms with E-state index in [0.29, 0.717) is 17.6 Å². The molecule has 2 N–H and O–H groups in total. The summed E-state index contributed by atoms with van der Waals surface area (Å²) in [6.45, 7) is 0.737. The van der Waals surface area contributed by atoms with Crippen LogP contribution in [-0.2, 0) is 4.79 Å². The van der Waals surface area contributed by atoms with E-state index in [0.717, 1.165) is 25.3 Å². The summed E-state index contributed by atoms with van der Waals surface area (Å²) in [5, 5.41) is 0. The third-order valence-electron chi connectivity index (χ3n) is 3.53. The minimum absolute atomic E-state index is 0.396. The molecular formula is C10H17NO. The van der Waals surface area contributed by atoms with Gasteiger partial charge in [0.15, 0.2) is 0 Å². The first kappa shape index (κ1) is 8.24. The Morgan fingerprint density at radius 3 is 2.83 bits per heavy atom. The first-order valence-electron chi connectivity index (χ1n) is 5.06. The third-order valence-corrected chi connectivity index (χ3v) is 3.53. The number of Topliss-reactive ketones (excluding diaryl/α,β-unsaturated/α-hetero) is 1. The largest absolute Gasteiger partial charge is 0.330 e. The molecular weight excluding hydrogens is 150 g/mol. The van der Waals surface area contributed by atoms with Gasteiger partial charge < -0.3 is 5.73 Å². The second-order valence-electron chi connectivity index (χ2n) is 4.21. The molecule has 0 amide bonds. The summed E-state index contributed by atoms with van der Waals surface area (Å²) in [6, 6.07) is 0. The maximum absolute atomic E-state index is 11.6. The van der Waals surface area contributed by atoms with Gasteiger partial charge in [-0.3, -0.25) is 4.79 Å². The molecule has 2 bridgehead atoms. The fourth-order valence-corrected chi connectivity index (χ4v) is 2.89. The lowest BCUT2D eigenvalue weighted by Crippen LogP contribution is -2.22. The van der Waals surface area contributed by atoms with E-state index in [-0.39, 0.29) is 0 Å². The molecule has 0 aromatic carbocycles. The van der Waals surface area contributed by atoms with E-state index in [1.807, 2.05) is 0 Å². The fourth-order valence-electron chi connectivity index (χ4n) is 2.89. The van der Waals surface area contributed by atoms with Crippen LogP contribution in [0.15, 0.2) is 0 Å². The van der Waals surface area contributed by atoms with E-state index in [2.05, 4.69) is 0 Å². The SMILES string of the molecule is NCCCC1C(=O)C2CCC1C2. The van der Waals surface area contributed by atoms with Crippen molar-refractivity contribution in [2.45, 2.75) is 32.1 Å². The number of rotatable bonds is 3. The Morgan fingerprint density at radius 2 is 2.25 bits per heavy atom. The van der Waals surface area contributed by atoms with Gasteiger partial charge in [-0.05, 0) is 44.6 Å². The van der Waals surface area contributed by atoms with Crippen LogP contribution in [0.3, 0.4) is 0 Å². The van der Waals surface area contributed by atoms with Gasteiger partial charge in [0, 0.05) is 11.8 Å². The summed E-state index contributed by atoms with van der Waals surface area (Å²) in [4.78, 5) is 11.6. The molecule has 3 atom stereocenters. The average molecular weight is 167 g/mol. The Morgan fingerprint density at radius 1 is 1.42 bits per heavy atom. The van der Waals surface area contributed by atoms with Crippen LogP contribution < -0.4 is 5.73 Å². The highest BCUT2D eigenvalue weighted by Gasteiger charge is 2.45. The van der Waals surface area contributed by atoms with Gasteiger partial charge in [0.2, 0.25) is 0 Å². The molecule has 0 heterocycles. The lowest BCUT2D eigenvalue weighted by molar-refractivity contribution is -0.125. The Hall–Kier alpha value is -0.370. The second-order valence-corrected chi connectivity index (χ2v) is 4.21. The third kappa shape index (κ3) is 1.18. The van der Waals surface area contributed by atoms with Crippen molar-refractivity contribution in [3.63, 3.8) is 0 Å². The van der Waals surface area contributed by atoms with Gasteiger partial charge in [0.25, 0.3) is 0 Å². The van der Waals surface area contributed by atoms with Crippen molar-refractivity contribution < 1.29 is 4.79 Å². The molecule has 2 aliphatic rings. The minimum atomic E-state index is 0.396. The molecule has 2 nitrogen and oxygen atoms in total. The van der Waals surface area contributed by atoms with Gasteiger partial charge in [-0.1, -0.05) is 0 Å². The quantitative estimate of drug-likeness (QED) is 0.689. The van der Waals surface area contributed by atoms with Crippen molar-refractivity contribution in [2.75, 3.05) is 6.54 Å². The van der Waals surface area contributed by atoms with Crippen molar-refractivity contribution in [3.05, 3.63) is 0 Å².